The van der Waals surface area contributed by atoms with Crippen molar-refractivity contribution in [2.24, 2.45) is 4.99 Å². The summed E-state index contributed by atoms with van der Waals surface area (Å²) < 4.78 is 0. The van der Waals surface area contributed by atoms with Crippen molar-refractivity contribution in [3.05, 3.63) is 66.2 Å². The van der Waals surface area contributed by atoms with Crippen molar-refractivity contribution in [1.82, 2.24) is 10.6 Å². The van der Waals surface area contributed by atoms with Crippen molar-refractivity contribution in [3.8, 4) is 0 Å². The van der Waals surface area contributed by atoms with Gasteiger partial charge in [0.2, 0.25) is 5.91 Å². The van der Waals surface area contributed by atoms with Crippen LogP contribution in [0, 0.1) is 0 Å². The molecule has 0 spiro atoms. The second-order valence-electron chi connectivity index (χ2n) is 5.12. The largest absolute Gasteiger partial charge is 0.350 e. The molecule has 0 aliphatic carbocycles. The number of carbonyl (C=O) groups is 1. The van der Waals surface area contributed by atoms with Crippen LogP contribution in [0.15, 0.2) is 65.7 Å². The molecule has 0 saturated carbocycles. The summed E-state index contributed by atoms with van der Waals surface area (Å²) in [7, 11) is 1.68. The molecule has 3 N–H and O–H groups in total. The van der Waals surface area contributed by atoms with Gasteiger partial charge in [-0.2, -0.15) is 0 Å². The van der Waals surface area contributed by atoms with E-state index in [4.69, 9.17) is 0 Å². The van der Waals surface area contributed by atoms with Crippen LogP contribution in [-0.4, -0.2) is 25.5 Å². The zero-order valence-electron chi connectivity index (χ0n) is 13.8. The molecule has 0 bridgehead atoms. The number of benzene rings is 2. The maximum absolute atomic E-state index is 11.9. The summed E-state index contributed by atoms with van der Waals surface area (Å²) in [5, 5.41) is 9.10. The predicted octanol–water partition coefficient (Wildman–Crippen LogP) is 3.17. The van der Waals surface area contributed by atoms with E-state index < -0.39 is 0 Å². The average Bonchev–Trinajstić information content (AvgIpc) is 2.60. The second-order valence-corrected chi connectivity index (χ2v) is 5.12. The number of hydrogen-bond acceptors (Lipinski definition) is 2. The van der Waals surface area contributed by atoms with Crippen LogP contribution in [0.3, 0.4) is 0 Å². The standard InChI is InChI=1S/C18H22N4O.HI/c1-14(15-9-5-3-6-10-15)21-18(19-2)20-13-17(23)22-16-11-7-4-8-12-16;/h3-12,14H,13H2,1-2H3,(H,22,23)(H2,19,20,21);1H. The van der Waals surface area contributed by atoms with Gasteiger partial charge in [0.25, 0.3) is 0 Å². The Kier molecular flexibility index (Phi) is 8.85. The molecule has 6 heteroatoms. The van der Waals surface area contributed by atoms with Crippen LogP contribution < -0.4 is 16.0 Å². The molecule has 5 nitrogen and oxygen atoms in total. The van der Waals surface area contributed by atoms with E-state index in [9.17, 15) is 4.79 Å². The Morgan fingerprint density at radius 3 is 2.21 bits per heavy atom. The lowest BCUT2D eigenvalue weighted by molar-refractivity contribution is -0.115. The van der Waals surface area contributed by atoms with Crippen LogP contribution in [0.25, 0.3) is 0 Å². The zero-order valence-corrected chi connectivity index (χ0v) is 16.2. The topological polar surface area (TPSA) is 65.5 Å². The smallest absolute Gasteiger partial charge is 0.243 e. The van der Waals surface area contributed by atoms with Crippen LogP contribution in [0.4, 0.5) is 5.69 Å². The monoisotopic (exact) mass is 438 g/mol. The van der Waals surface area contributed by atoms with E-state index >= 15 is 0 Å². The number of rotatable bonds is 5. The van der Waals surface area contributed by atoms with Crippen LogP contribution in [0.2, 0.25) is 0 Å². The normalized spacial score (nSPS) is 11.8. The highest BCUT2D eigenvalue weighted by molar-refractivity contribution is 14.0. The summed E-state index contributed by atoms with van der Waals surface area (Å²) in [6.45, 7) is 2.20. The van der Waals surface area contributed by atoms with Gasteiger partial charge in [-0.3, -0.25) is 9.79 Å². The zero-order chi connectivity index (χ0) is 16.5. The van der Waals surface area contributed by atoms with E-state index in [0.29, 0.717) is 5.96 Å². The van der Waals surface area contributed by atoms with Crippen LogP contribution in [-0.2, 0) is 4.79 Å². The van der Waals surface area contributed by atoms with Crippen molar-refractivity contribution in [3.63, 3.8) is 0 Å². The highest BCUT2D eigenvalue weighted by atomic mass is 127. The number of carbonyl (C=O) groups excluding carboxylic acids is 1. The van der Waals surface area contributed by atoms with Gasteiger partial charge in [0.05, 0.1) is 12.6 Å². The predicted molar refractivity (Wildman–Crippen MR) is 110 cm³/mol. The fourth-order valence-electron chi connectivity index (χ4n) is 2.12. The molecule has 128 valence electrons. The van der Waals surface area contributed by atoms with Crippen molar-refractivity contribution in [2.75, 3.05) is 18.9 Å². The molecule has 1 amide bonds. The molecule has 2 rings (SSSR count). The number of nitrogens with one attached hydrogen (secondary N) is 3. The van der Waals surface area contributed by atoms with Gasteiger partial charge >= 0.3 is 0 Å². The quantitative estimate of drug-likeness (QED) is 0.382. The third kappa shape index (κ3) is 6.57. The number of amides is 1. The molecular weight excluding hydrogens is 415 g/mol. The Hall–Kier alpha value is -2.09. The van der Waals surface area contributed by atoms with Gasteiger partial charge in [0, 0.05) is 12.7 Å². The number of halogens is 1. The van der Waals surface area contributed by atoms with Gasteiger partial charge in [0.15, 0.2) is 5.96 Å². The molecule has 0 heterocycles. The Bertz CT molecular complexity index is 647. The van der Waals surface area contributed by atoms with Crippen molar-refractivity contribution >= 4 is 41.5 Å². The van der Waals surface area contributed by atoms with Crippen molar-refractivity contribution < 1.29 is 4.79 Å². The number of guanidine groups is 1. The Labute approximate surface area is 160 Å². The summed E-state index contributed by atoms with van der Waals surface area (Å²) in [4.78, 5) is 16.1. The highest BCUT2D eigenvalue weighted by Crippen LogP contribution is 2.10. The summed E-state index contributed by atoms with van der Waals surface area (Å²) in [5.41, 5.74) is 1.93. The molecule has 0 saturated heterocycles. The van der Waals surface area contributed by atoms with Crippen molar-refractivity contribution in [1.29, 1.82) is 0 Å². The van der Waals surface area contributed by atoms with E-state index in [-0.39, 0.29) is 42.5 Å². The number of hydrogen-bond donors (Lipinski definition) is 3. The molecule has 2 aromatic carbocycles. The van der Waals surface area contributed by atoms with Gasteiger partial charge in [-0.05, 0) is 24.6 Å². The van der Waals surface area contributed by atoms with E-state index in [1.54, 1.807) is 7.05 Å². The first kappa shape index (κ1) is 20.0. The summed E-state index contributed by atoms with van der Waals surface area (Å²) in [6.07, 6.45) is 0. The Morgan fingerprint density at radius 1 is 1.04 bits per heavy atom. The van der Waals surface area contributed by atoms with Gasteiger partial charge in [-0.15, -0.1) is 24.0 Å². The summed E-state index contributed by atoms with van der Waals surface area (Å²) in [6, 6.07) is 19.5. The Balaban J connectivity index is 0.00000288. The molecule has 0 radical (unpaired) electrons. The Morgan fingerprint density at radius 2 is 1.62 bits per heavy atom. The average molecular weight is 438 g/mol. The van der Waals surface area contributed by atoms with Crippen LogP contribution in [0.1, 0.15) is 18.5 Å². The van der Waals surface area contributed by atoms with E-state index in [1.165, 1.54) is 0 Å². The van der Waals surface area contributed by atoms with Crippen LogP contribution >= 0.6 is 24.0 Å². The molecule has 1 unspecified atom stereocenters. The first-order valence-corrected chi connectivity index (χ1v) is 7.56. The molecular formula is C18H23IN4O. The third-order valence-corrected chi connectivity index (χ3v) is 3.35. The summed E-state index contributed by atoms with van der Waals surface area (Å²) >= 11 is 0. The molecule has 0 aliphatic rings. The number of aliphatic imine (C=N–C) groups is 1. The highest BCUT2D eigenvalue weighted by Gasteiger charge is 2.08. The number of para-hydroxylation sites is 1. The fraction of sp³-hybridized carbons (Fsp3) is 0.222. The third-order valence-electron chi connectivity index (χ3n) is 3.35. The van der Waals surface area contributed by atoms with Crippen molar-refractivity contribution in [2.45, 2.75) is 13.0 Å². The second kappa shape index (κ2) is 10.6. The molecule has 0 fully saturated rings. The maximum Gasteiger partial charge on any atom is 0.243 e. The van der Waals surface area contributed by atoms with E-state index in [2.05, 4.69) is 20.9 Å². The minimum atomic E-state index is -0.119. The maximum atomic E-state index is 11.9. The van der Waals surface area contributed by atoms with Gasteiger partial charge in [0.1, 0.15) is 0 Å². The molecule has 0 aromatic heterocycles. The molecule has 24 heavy (non-hydrogen) atoms. The summed E-state index contributed by atoms with van der Waals surface area (Å²) in [5.74, 6) is 0.469. The fourth-order valence-corrected chi connectivity index (χ4v) is 2.12. The minimum Gasteiger partial charge on any atom is -0.350 e. The first-order valence-electron chi connectivity index (χ1n) is 7.56. The SMILES string of the molecule is CN=C(NCC(=O)Nc1ccccc1)NC(C)c1ccccc1.I. The molecule has 1 atom stereocenters. The van der Waals surface area contributed by atoms with Crippen LogP contribution in [0.5, 0.6) is 0 Å². The lowest BCUT2D eigenvalue weighted by Gasteiger charge is -2.18. The van der Waals surface area contributed by atoms with E-state index in [1.807, 2.05) is 67.6 Å². The van der Waals surface area contributed by atoms with Gasteiger partial charge in [-0.1, -0.05) is 48.5 Å². The molecule has 2 aromatic rings. The van der Waals surface area contributed by atoms with Gasteiger partial charge in [-0.25, -0.2) is 0 Å². The first-order chi connectivity index (χ1) is 11.2. The lowest BCUT2D eigenvalue weighted by Crippen LogP contribution is -2.42. The number of anilines is 1. The number of nitrogens with zero attached hydrogens (tertiary/aromatic N) is 1. The minimum absolute atomic E-state index is 0. The van der Waals surface area contributed by atoms with Gasteiger partial charge < -0.3 is 16.0 Å². The molecule has 0 aliphatic heterocycles. The lowest BCUT2D eigenvalue weighted by atomic mass is 10.1. The van der Waals surface area contributed by atoms with E-state index in [0.717, 1.165) is 11.3 Å².